The van der Waals surface area contributed by atoms with Crippen LogP contribution in [0.3, 0.4) is 0 Å². The molecule has 48 heavy (non-hydrogen) atoms. The predicted molar refractivity (Wildman–Crippen MR) is 176 cm³/mol. The fraction of sp³-hybridized carbons (Fsp3) is 0.265. The van der Waals surface area contributed by atoms with Gasteiger partial charge in [0, 0.05) is 11.3 Å². The molecule has 0 unspecified atom stereocenters. The Morgan fingerprint density at radius 1 is 1.04 bits per heavy atom. The zero-order valence-corrected chi connectivity index (χ0v) is 27.5. The zero-order chi connectivity index (χ0) is 34.6. The molecule has 14 heteroatoms. The van der Waals surface area contributed by atoms with E-state index in [9.17, 15) is 19.6 Å². The molecule has 1 aliphatic rings. The summed E-state index contributed by atoms with van der Waals surface area (Å²) in [4.78, 5) is 37.4. The summed E-state index contributed by atoms with van der Waals surface area (Å²) in [6.07, 6.45) is 1.39. The Balaban J connectivity index is 1.40. The van der Waals surface area contributed by atoms with Crippen molar-refractivity contribution >= 4 is 35.7 Å². The lowest BCUT2D eigenvalue weighted by atomic mass is 9.95. The van der Waals surface area contributed by atoms with Crippen LogP contribution in [0.2, 0.25) is 5.02 Å². The second-order valence-electron chi connectivity index (χ2n) is 10.1. The number of carbonyl (C=O) groups excluding carboxylic acids is 3. The molecule has 0 radical (unpaired) electrons. The van der Waals surface area contributed by atoms with E-state index in [0.29, 0.717) is 46.1 Å². The quantitative estimate of drug-likeness (QED) is 0.122. The van der Waals surface area contributed by atoms with Gasteiger partial charge < -0.3 is 34.3 Å². The first-order valence-corrected chi connectivity index (χ1v) is 15.2. The molecule has 13 nitrogen and oxygen atoms in total. The zero-order valence-electron chi connectivity index (χ0n) is 26.7. The first-order chi connectivity index (χ1) is 23.2. The normalized spacial score (nSPS) is 14.0. The number of ether oxygens (including phenoxy) is 5. The third-order valence-electron chi connectivity index (χ3n) is 6.89. The minimum atomic E-state index is -0.795. The number of carbonyl (C=O) groups is 3. The Bertz CT molecular complexity index is 1790. The monoisotopic (exact) mass is 675 g/mol. The summed E-state index contributed by atoms with van der Waals surface area (Å²) in [6, 6.07) is 16.0. The van der Waals surface area contributed by atoms with Crippen molar-refractivity contribution in [3.8, 4) is 29.1 Å². The highest BCUT2D eigenvalue weighted by Gasteiger charge is 2.32. The summed E-state index contributed by atoms with van der Waals surface area (Å²) in [5, 5.41) is 18.9. The average Bonchev–Trinajstić information content (AvgIpc) is 3.07. The number of hydrogen-bond donors (Lipinski definition) is 3. The number of methoxy groups -OCH3 is 1. The van der Waals surface area contributed by atoms with E-state index >= 15 is 0 Å². The van der Waals surface area contributed by atoms with Crippen molar-refractivity contribution in [1.82, 2.24) is 16.1 Å². The van der Waals surface area contributed by atoms with Gasteiger partial charge in [0.15, 0.2) is 29.6 Å². The van der Waals surface area contributed by atoms with Crippen LogP contribution in [-0.4, -0.2) is 51.1 Å². The van der Waals surface area contributed by atoms with E-state index in [0.717, 1.165) is 0 Å². The summed E-state index contributed by atoms with van der Waals surface area (Å²) in [6.45, 7) is 5.35. The van der Waals surface area contributed by atoms with Gasteiger partial charge >= 0.3 is 12.0 Å². The summed E-state index contributed by atoms with van der Waals surface area (Å²) >= 11 is 6.51. The van der Waals surface area contributed by atoms with E-state index < -0.39 is 30.6 Å². The van der Waals surface area contributed by atoms with Crippen molar-refractivity contribution in [2.45, 2.75) is 33.4 Å². The number of halogens is 1. The van der Waals surface area contributed by atoms with Crippen molar-refractivity contribution < 1.29 is 38.1 Å². The highest BCUT2D eigenvalue weighted by molar-refractivity contribution is 6.32. The standard InChI is InChI=1S/C34H34ClN5O8/c1-5-45-28-14-21(13-25(35)32(28)48-18-24-10-8-7-9-23(24)16-36)17-37-40-29(41)19-47-26-12-11-22(15-27(26)44-4)31-30(33(42)46-6-2)20(3)38-34(43)39-31/h7-15,17,31H,5-6,18-19H2,1-4H3,(H,40,41)(H2,38,39,43)/b37-17-/t31-/m0/s1. The molecule has 0 spiro atoms. The summed E-state index contributed by atoms with van der Waals surface area (Å²) in [7, 11) is 1.42. The number of benzene rings is 3. The van der Waals surface area contributed by atoms with Gasteiger partial charge in [0.05, 0.1) is 54.8 Å². The SMILES string of the molecule is CCOC(=O)C1=C(C)NC(=O)N[C@H]1c1ccc(OCC(=O)N/N=C\c2cc(Cl)c(OCc3ccccc3C#N)c(OCC)c2)c(OC)c1. The lowest BCUT2D eigenvalue weighted by molar-refractivity contribution is -0.139. The molecule has 1 atom stereocenters. The van der Waals surface area contributed by atoms with Gasteiger partial charge in [-0.25, -0.2) is 15.0 Å². The number of allylic oxidation sites excluding steroid dienone is 1. The smallest absolute Gasteiger partial charge is 0.338 e. The highest BCUT2D eigenvalue weighted by atomic mass is 35.5. The molecule has 3 aromatic rings. The summed E-state index contributed by atoms with van der Waals surface area (Å²) in [5.74, 6) is 0.0807. The lowest BCUT2D eigenvalue weighted by Gasteiger charge is -2.28. The molecule has 0 fully saturated rings. The molecule has 0 saturated carbocycles. The van der Waals surface area contributed by atoms with Gasteiger partial charge in [-0.05, 0) is 62.2 Å². The maximum Gasteiger partial charge on any atom is 0.338 e. The van der Waals surface area contributed by atoms with Crippen LogP contribution in [0.25, 0.3) is 0 Å². The molecular weight excluding hydrogens is 642 g/mol. The Hall–Kier alpha value is -5.74. The number of hydrogen-bond acceptors (Lipinski definition) is 10. The van der Waals surface area contributed by atoms with Gasteiger partial charge in [-0.3, -0.25) is 4.79 Å². The fourth-order valence-corrected chi connectivity index (χ4v) is 5.00. The molecule has 0 saturated heterocycles. The largest absolute Gasteiger partial charge is 0.493 e. The van der Waals surface area contributed by atoms with Crippen molar-refractivity contribution in [2.75, 3.05) is 26.9 Å². The van der Waals surface area contributed by atoms with Gasteiger partial charge in [-0.2, -0.15) is 10.4 Å². The Kier molecular flexibility index (Phi) is 12.2. The van der Waals surface area contributed by atoms with Crippen LogP contribution in [-0.2, 0) is 20.9 Å². The first-order valence-electron chi connectivity index (χ1n) is 14.8. The highest BCUT2D eigenvalue weighted by Crippen LogP contribution is 2.37. The van der Waals surface area contributed by atoms with Gasteiger partial charge in [-0.15, -0.1) is 0 Å². The minimum Gasteiger partial charge on any atom is -0.493 e. The van der Waals surface area contributed by atoms with Crippen LogP contribution >= 0.6 is 11.6 Å². The predicted octanol–water partition coefficient (Wildman–Crippen LogP) is 4.92. The maximum atomic E-state index is 12.6. The van der Waals surface area contributed by atoms with Crippen molar-refractivity contribution in [3.05, 3.63) is 93.1 Å². The average molecular weight is 676 g/mol. The molecule has 0 aliphatic carbocycles. The van der Waals surface area contributed by atoms with Crippen LogP contribution in [0.15, 0.2) is 71.0 Å². The minimum absolute atomic E-state index is 0.112. The van der Waals surface area contributed by atoms with Crippen LogP contribution < -0.4 is 35.0 Å². The first kappa shape index (κ1) is 35.1. The number of nitrogens with one attached hydrogen (secondary N) is 3. The fourth-order valence-electron chi connectivity index (χ4n) is 4.73. The van der Waals surface area contributed by atoms with Gasteiger partial charge in [0.2, 0.25) is 0 Å². The Morgan fingerprint density at radius 2 is 1.83 bits per heavy atom. The molecule has 3 aromatic carbocycles. The molecular formula is C34H34ClN5O8. The van der Waals surface area contributed by atoms with E-state index in [4.69, 9.17) is 35.3 Å². The molecule has 3 amide bonds. The summed E-state index contributed by atoms with van der Waals surface area (Å²) in [5.41, 5.74) is 5.29. The molecule has 3 N–H and O–H groups in total. The number of rotatable bonds is 14. The molecule has 0 bridgehead atoms. The third-order valence-corrected chi connectivity index (χ3v) is 7.17. The number of nitrogens with zero attached hydrogens (tertiary/aromatic N) is 2. The van der Waals surface area contributed by atoms with Crippen molar-refractivity contribution in [1.29, 1.82) is 5.26 Å². The van der Waals surface area contributed by atoms with Gasteiger partial charge in [0.25, 0.3) is 5.91 Å². The topological polar surface area (TPSA) is 170 Å². The summed E-state index contributed by atoms with van der Waals surface area (Å²) < 4.78 is 27.9. The lowest BCUT2D eigenvalue weighted by Crippen LogP contribution is -2.45. The van der Waals surface area contributed by atoms with E-state index in [1.807, 2.05) is 13.0 Å². The van der Waals surface area contributed by atoms with Gasteiger partial charge in [-0.1, -0.05) is 35.9 Å². The molecule has 250 valence electrons. The number of hydrazone groups is 1. The van der Waals surface area contributed by atoms with Crippen LogP contribution in [0.4, 0.5) is 4.79 Å². The second kappa shape index (κ2) is 16.7. The molecule has 0 aromatic heterocycles. The van der Waals surface area contributed by atoms with E-state index in [2.05, 4.69) is 27.2 Å². The van der Waals surface area contributed by atoms with Crippen molar-refractivity contribution in [3.63, 3.8) is 0 Å². The number of amides is 3. The van der Waals surface area contributed by atoms with Crippen LogP contribution in [0.5, 0.6) is 23.0 Å². The van der Waals surface area contributed by atoms with Crippen LogP contribution in [0.1, 0.15) is 49.1 Å². The van der Waals surface area contributed by atoms with Crippen LogP contribution in [0, 0.1) is 11.3 Å². The van der Waals surface area contributed by atoms with E-state index in [1.165, 1.54) is 13.3 Å². The number of nitriles is 1. The van der Waals surface area contributed by atoms with Crippen molar-refractivity contribution in [2.24, 2.45) is 5.10 Å². The van der Waals surface area contributed by atoms with E-state index in [-0.39, 0.29) is 35.3 Å². The Morgan fingerprint density at radius 3 is 2.56 bits per heavy atom. The van der Waals surface area contributed by atoms with E-state index in [1.54, 1.807) is 62.4 Å². The molecule has 1 aliphatic heterocycles. The molecule has 1 heterocycles. The molecule has 4 rings (SSSR count). The second-order valence-corrected chi connectivity index (χ2v) is 10.5. The Labute approximate surface area is 282 Å². The number of urea groups is 1. The number of esters is 1. The van der Waals surface area contributed by atoms with Gasteiger partial charge in [0.1, 0.15) is 6.61 Å². The third kappa shape index (κ3) is 8.74. The maximum absolute atomic E-state index is 12.6.